The van der Waals surface area contributed by atoms with E-state index in [-0.39, 0.29) is 23.0 Å². The van der Waals surface area contributed by atoms with Gasteiger partial charge in [0, 0.05) is 52.1 Å². The second-order valence-corrected chi connectivity index (χ2v) is 11.0. The van der Waals surface area contributed by atoms with Crippen molar-refractivity contribution in [3.63, 3.8) is 0 Å². The van der Waals surface area contributed by atoms with Crippen LogP contribution in [0, 0.1) is 20.2 Å². The zero-order chi connectivity index (χ0) is 32.0. The van der Waals surface area contributed by atoms with Crippen LogP contribution in [0.25, 0.3) is 0 Å². The Balaban J connectivity index is 0.000000176. The van der Waals surface area contributed by atoms with E-state index in [1.165, 1.54) is 5.56 Å². The monoisotopic (exact) mass is 620 g/mol. The highest BCUT2D eigenvalue weighted by Crippen LogP contribution is 2.39. The number of carbonyl (C=O) groups is 2. The average Bonchev–Trinajstić information content (AvgIpc) is 3.65. The number of nitro groups is 2. The Morgan fingerprint density at radius 2 is 1.47 bits per heavy atom. The van der Waals surface area contributed by atoms with Gasteiger partial charge in [0.05, 0.1) is 9.85 Å². The molecule has 4 aliphatic heterocycles. The predicted octanol–water partition coefficient (Wildman–Crippen LogP) is 3.88. The first kappa shape index (κ1) is 33.1. The molecule has 0 saturated carbocycles. The molecule has 13 heteroatoms. The first-order chi connectivity index (χ1) is 21.9. The van der Waals surface area contributed by atoms with E-state index in [1.807, 2.05) is 53.4 Å². The third-order valence-electron chi connectivity index (χ3n) is 7.83. The molecule has 45 heavy (non-hydrogen) atoms. The van der Waals surface area contributed by atoms with Gasteiger partial charge in [0.25, 0.3) is 6.20 Å². The maximum Gasteiger partial charge on any atom is 0.314 e. The summed E-state index contributed by atoms with van der Waals surface area (Å²) >= 11 is 0. The van der Waals surface area contributed by atoms with Gasteiger partial charge in [0.2, 0.25) is 0 Å². The number of fused-ring (bicyclic) bond motifs is 4. The van der Waals surface area contributed by atoms with Crippen LogP contribution in [0.4, 0.5) is 0 Å². The number of benzene rings is 2. The Kier molecular flexibility index (Phi) is 12.4. The molecular formula is C32H40N6O7. The van der Waals surface area contributed by atoms with E-state index in [0.29, 0.717) is 38.2 Å². The summed E-state index contributed by atoms with van der Waals surface area (Å²) < 4.78 is 5.91. The summed E-state index contributed by atoms with van der Waals surface area (Å²) in [5.41, 5.74) is 2.58. The van der Waals surface area contributed by atoms with Crippen LogP contribution in [0.15, 0.2) is 84.2 Å². The molecule has 0 aliphatic carbocycles. The van der Waals surface area contributed by atoms with E-state index in [9.17, 15) is 29.8 Å². The van der Waals surface area contributed by atoms with Crippen LogP contribution in [0.2, 0.25) is 0 Å². The normalized spacial score (nSPS) is 20.7. The summed E-state index contributed by atoms with van der Waals surface area (Å²) in [5, 5.41) is 25.0. The molecule has 0 aromatic heterocycles. The predicted molar refractivity (Wildman–Crippen MR) is 166 cm³/mol. The third-order valence-corrected chi connectivity index (χ3v) is 7.83. The quantitative estimate of drug-likeness (QED) is 0.178. The summed E-state index contributed by atoms with van der Waals surface area (Å²) in [7, 11) is 0. The van der Waals surface area contributed by atoms with Crippen LogP contribution >= 0.6 is 0 Å². The summed E-state index contributed by atoms with van der Waals surface area (Å²) in [4.78, 5) is 46.7. The van der Waals surface area contributed by atoms with Crippen molar-refractivity contribution in [2.75, 3.05) is 26.2 Å². The smallest absolute Gasteiger partial charge is 0.314 e. The number of nitrogens with zero attached hydrogens (tertiary/aromatic N) is 5. The van der Waals surface area contributed by atoms with Crippen molar-refractivity contribution in [2.45, 2.75) is 63.9 Å². The highest BCUT2D eigenvalue weighted by atomic mass is 16.6. The van der Waals surface area contributed by atoms with Gasteiger partial charge in [-0.25, -0.2) is 0 Å². The Morgan fingerprint density at radius 1 is 0.844 bits per heavy atom. The zero-order valence-electron chi connectivity index (χ0n) is 25.2. The Bertz CT molecular complexity index is 1350. The van der Waals surface area contributed by atoms with Crippen LogP contribution in [0.5, 0.6) is 0 Å². The Labute approximate surface area is 262 Å². The van der Waals surface area contributed by atoms with Crippen LogP contribution < -0.4 is 5.32 Å². The molecular weight excluding hydrogens is 580 g/mol. The summed E-state index contributed by atoms with van der Waals surface area (Å²) in [6, 6.07) is 20.1. The van der Waals surface area contributed by atoms with E-state index < -0.39 is 4.92 Å². The fraction of sp³-hybridized carbons (Fsp3) is 0.438. The number of rotatable bonds is 10. The van der Waals surface area contributed by atoms with Gasteiger partial charge in [0.15, 0.2) is 17.7 Å². The number of nitrogens with one attached hydrogen (secondary N) is 1. The molecule has 2 aromatic carbocycles. The lowest BCUT2D eigenvalue weighted by atomic mass is 10.0. The highest BCUT2D eigenvalue weighted by molar-refractivity contribution is 5.52. The van der Waals surface area contributed by atoms with Gasteiger partial charge >= 0.3 is 5.70 Å². The van der Waals surface area contributed by atoms with Gasteiger partial charge in [-0.05, 0) is 36.8 Å². The molecule has 13 nitrogen and oxygen atoms in total. The molecule has 2 bridgehead atoms. The lowest BCUT2D eigenvalue weighted by molar-refractivity contribution is -0.448. The number of aldehydes is 2. The average molecular weight is 621 g/mol. The number of unbranched alkanes of at least 4 members (excludes halogenated alkanes) is 2. The van der Waals surface area contributed by atoms with Crippen molar-refractivity contribution in [3.8, 4) is 0 Å². The fourth-order valence-corrected chi connectivity index (χ4v) is 5.78. The number of ether oxygens (including phenoxy) is 1. The van der Waals surface area contributed by atoms with Gasteiger partial charge in [-0.2, -0.15) is 0 Å². The summed E-state index contributed by atoms with van der Waals surface area (Å²) in [5.74, 6) is 1.38. The summed E-state index contributed by atoms with van der Waals surface area (Å²) in [6.07, 6.45) is 6.77. The second kappa shape index (κ2) is 16.9. The van der Waals surface area contributed by atoms with Crippen molar-refractivity contribution in [1.82, 2.24) is 20.0 Å². The molecule has 6 rings (SSSR count). The van der Waals surface area contributed by atoms with Crippen molar-refractivity contribution in [3.05, 3.63) is 116 Å². The third kappa shape index (κ3) is 9.35. The van der Waals surface area contributed by atoms with Gasteiger partial charge < -0.3 is 34.3 Å². The highest BCUT2D eigenvalue weighted by Gasteiger charge is 2.48. The molecule has 2 aromatic rings. The molecule has 0 radical (unpaired) electrons. The first-order valence-electron chi connectivity index (χ1n) is 15.3. The molecule has 0 spiro atoms. The standard InChI is InChI=1S/C16H19N3O3.C11H13N3O2.C5H8O2/c20-19(21)15-13-7-4-8-14(22-13)18-10-9-17(16(15)18)11-12-5-2-1-3-6-12;15-14(16)9-11-12-6-7-13(11)8-10-4-2-1-3-5-10;6-4-2-1-3-5-7/h1-3,5-6,13-14H,4,7-11H2;1-5,9,12H,6-8H2;4-5H,1-3H2/b;11-9+;/t13-,14+;;/m0../s1. The SMILES string of the molecule is O=CCCCC=O.O=[N+]([O-])/C=C1\NCCN1Cc1ccccc1.O=[N+]([O-])C1=C2N(Cc3ccccc3)CCN2[C@H]2CCC[C@@H]1O2. The van der Waals surface area contributed by atoms with E-state index >= 15 is 0 Å². The molecule has 4 aliphatic rings. The maximum absolute atomic E-state index is 11.6. The molecule has 1 N–H and O–H groups in total. The van der Waals surface area contributed by atoms with E-state index in [0.717, 1.165) is 75.6 Å². The van der Waals surface area contributed by atoms with E-state index in [1.54, 1.807) is 0 Å². The molecule has 240 valence electrons. The molecule has 4 heterocycles. The minimum atomic E-state index is -0.425. The number of hydrogen-bond acceptors (Lipinski definition) is 11. The number of hydrogen-bond donors (Lipinski definition) is 1. The molecule has 0 amide bonds. The molecule has 0 unspecified atom stereocenters. The first-order valence-corrected chi connectivity index (χ1v) is 15.3. The van der Waals surface area contributed by atoms with Gasteiger partial charge in [-0.3, -0.25) is 20.2 Å². The van der Waals surface area contributed by atoms with Crippen molar-refractivity contribution in [2.24, 2.45) is 0 Å². The fourth-order valence-electron chi connectivity index (χ4n) is 5.78. The molecule has 2 atom stereocenters. The molecule has 3 fully saturated rings. The summed E-state index contributed by atoms with van der Waals surface area (Å²) in [6.45, 7) is 4.59. The van der Waals surface area contributed by atoms with Crippen LogP contribution in [-0.2, 0) is 27.4 Å². The topological polar surface area (TPSA) is 151 Å². The van der Waals surface area contributed by atoms with Gasteiger partial charge in [-0.15, -0.1) is 0 Å². The van der Waals surface area contributed by atoms with Crippen LogP contribution in [-0.4, -0.2) is 75.6 Å². The Hall–Kier alpha value is -4.78. The lowest BCUT2D eigenvalue weighted by Gasteiger charge is -2.41. The van der Waals surface area contributed by atoms with Crippen molar-refractivity contribution >= 4 is 12.6 Å². The second-order valence-electron chi connectivity index (χ2n) is 11.0. The maximum atomic E-state index is 11.6. The Morgan fingerprint density at radius 3 is 2.04 bits per heavy atom. The minimum absolute atomic E-state index is 0.0122. The minimum Gasteiger partial charge on any atom is -0.365 e. The lowest BCUT2D eigenvalue weighted by Crippen LogP contribution is -2.48. The molecule has 3 saturated heterocycles. The van der Waals surface area contributed by atoms with E-state index in [2.05, 4.69) is 27.2 Å². The van der Waals surface area contributed by atoms with Gasteiger partial charge in [-0.1, -0.05) is 60.7 Å². The van der Waals surface area contributed by atoms with Gasteiger partial charge in [0.1, 0.15) is 18.8 Å². The zero-order valence-corrected chi connectivity index (χ0v) is 25.2. The van der Waals surface area contributed by atoms with E-state index in [4.69, 9.17) is 4.74 Å². The van der Waals surface area contributed by atoms with Crippen LogP contribution in [0.1, 0.15) is 49.7 Å². The number of carbonyl (C=O) groups excluding carboxylic acids is 2. The largest absolute Gasteiger partial charge is 0.365 e. The van der Waals surface area contributed by atoms with Crippen molar-refractivity contribution in [1.29, 1.82) is 0 Å². The van der Waals surface area contributed by atoms with Crippen molar-refractivity contribution < 1.29 is 24.2 Å². The van der Waals surface area contributed by atoms with Crippen LogP contribution in [0.3, 0.4) is 0 Å².